The van der Waals surface area contributed by atoms with Crippen molar-refractivity contribution in [3.8, 4) is 0 Å². The molecule has 0 saturated heterocycles. The number of tetrazole rings is 1. The minimum Gasteiger partial charge on any atom is -0.346 e. The van der Waals surface area contributed by atoms with Gasteiger partial charge in [-0.1, -0.05) is 5.21 Å². The molecule has 0 radical (unpaired) electrons. The van der Waals surface area contributed by atoms with Crippen LogP contribution in [0.15, 0.2) is 0 Å². The van der Waals surface area contributed by atoms with Crippen molar-refractivity contribution in [3.63, 3.8) is 0 Å². The fraction of sp³-hybridized carbons (Fsp3) is 0.615. The maximum Gasteiger partial charge on any atom is 0.224 e. The normalized spacial score (nSPS) is 18.3. The second-order valence-electron chi connectivity index (χ2n) is 6.04. The van der Waals surface area contributed by atoms with Crippen molar-refractivity contribution in [2.75, 3.05) is 0 Å². The summed E-state index contributed by atoms with van der Waals surface area (Å²) in [6.45, 7) is 5.67. The smallest absolute Gasteiger partial charge is 0.224 e. The Labute approximate surface area is 122 Å². The van der Waals surface area contributed by atoms with Crippen molar-refractivity contribution in [1.82, 2.24) is 35.9 Å². The molecule has 0 spiro atoms. The van der Waals surface area contributed by atoms with E-state index in [1.807, 2.05) is 20.8 Å². The fourth-order valence-electron chi connectivity index (χ4n) is 2.74. The molecule has 8 heteroatoms. The molecule has 2 aromatic rings. The predicted molar refractivity (Wildman–Crippen MR) is 74.2 cm³/mol. The van der Waals surface area contributed by atoms with Gasteiger partial charge in [0.1, 0.15) is 5.82 Å². The van der Waals surface area contributed by atoms with Gasteiger partial charge in [-0.3, -0.25) is 4.79 Å². The summed E-state index contributed by atoms with van der Waals surface area (Å²) in [6.07, 6.45) is 2.34. The maximum atomic E-state index is 12.5. The highest BCUT2D eigenvalue weighted by Gasteiger charge is 2.33. The molecule has 112 valence electrons. The average molecular weight is 289 g/mol. The summed E-state index contributed by atoms with van der Waals surface area (Å²) in [5.41, 5.74) is 1.53. The van der Waals surface area contributed by atoms with E-state index in [4.69, 9.17) is 0 Å². The van der Waals surface area contributed by atoms with Crippen LogP contribution in [-0.4, -0.2) is 36.5 Å². The summed E-state index contributed by atoms with van der Waals surface area (Å²) in [5, 5.41) is 16.9. The third-order valence-electron chi connectivity index (χ3n) is 3.87. The van der Waals surface area contributed by atoms with Crippen LogP contribution in [-0.2, 0) is 23.2 Å². The molecule has 0 aromatic carbocycles. The lowest BCUT2D eigenvalue weighted by Gasteiger charge is -2.27. The van der Waals surface area contributed by atoms with Gasteiger partial charge < -0.3 is 10.3 Å². The number of carbonyl (C=O) groups is 1. The first kappa shape index (κ1) is 13.7. The van der Waals surface area contributed by atoms with E-state index >= 15 is 0 Å². The number of fused-ring (bicyclic) bond motifs is 1. The predicted octanol–water partition coefficient (Wildman–Crippen LogP) is 0.388. The first-order valence-corrected chi connectivity index (χ1v) is 7.06. The highest BCUT2D eigenvalue weighted by molar-refractivity contribution is 5.80. The summed E-state index contributed by atoms with van der Waals surface area (Å²) in [7, 11) is 0. The number of hydrogen-bond acceptors (Lipinski definition) is 5. The highest BCUT2D eigenvalue weighted by atomic mass is 16.2. The zero-order valence-electron chi connectivity index (χ0n) is 12.4. The first-order chi connectivity index (χ1) is 9.95. The van der Waals surface area contributed by atoms with Gasteiger partial charge in [0.2, 0.25) is 5.91 Å². The molecule has 0 bridgehead atoms. The Hall–Kier alpha value is -2.25. The molecule has 2 aromatic heterocycles. The minimum absolute atomic E-state index is 0.0164. The second kappa shape index (κ2) is 4.94. The van der Waals surface area contributed by atoms with Gasteiger partial charge in [-0.2, -0.15) is 5.21 Å². The number of H-pyrrole nitrogens is 2. The van der Waals surface area contributed by atoms with Crippen molar-refractivity contribution < 1.29 is 4.79 Å². The second-order valence-corrected chi connectivity index (χ2v) is 6.04. The Balaban J connectivity index is 1.69. The Kier molecular flexibility index (Phi) is 3.23. The van der Waals surface area contributed by atoms with Crippen LogP contribution < -0.4 is 5.32 Å². The summed E-state index contributed by atoms with van der Waals surface area (Å²) in [4.78, 5) is 20.2. The summed E-state index contributed by atoms with van der Waals surface area (Å²) >= 11 is 0. The molecular weight excluding hydrogens is 270 g/mol. The number of imidazole rings is 1. The largest absolute Gasteiger partial charge is 0.346 e. The van der Waals surface area contributed by atoms with Crippen LogP contribution in [0.4, 0.5) is 0 Å². The van der Waals surface area contributed by atoms with E-state index in [0.29, 0.717) is 12.2 Å². The standard InChI is InChI=1S/C13H19N7O/c1-7-14-9-5-4-8(6-10(9)15-7)11(21)16-13(2,3)12-17-19-20-18-12/h8H,4-6H2,1-3H3,(H,14,15)(H,16,21)(H,17,18,19,20). The summed E-state index contributed by atoms with van der Waals surface area (Å²) < 4.78 is 0. The summed E-state index contributed by atoms with van der Waals surface area (Å²) in [5.74, 6) is 1.35. The Morgan fingerprint density at radius 3 is 2.95 bits per heavy atom. The van der Waals surface area contributed by atoms with Gasteiger partial charge in [0.05, 0.1) is 11.2 Å². The van der Waals surface area contributed by atoms with Crippen molar-refractivity contribution in [2.24, 2.45) is 5.92 Å². The Morgan fingerprint density at radius 1 is 1.43 bits per heavy atom. The number of carbonyl (C=O) groups excluding carboxylic acids is 1. The summed E-state index contributed by atoms with van der Waals surface area (Å²) in [6, 6.07) is 0. The SMILES string of the molecule is Cc1nc2c([nH]1)CC(C(=O)NC(C)(C)c1nn[nH]n1)CC2. The van der Waals surface area contributed by atoms with Gasteiger partial charge in [-0.15, -0.1) is 10.2 Å². The molecule has 1 atom stereocenters. The molecule has 1 unspecified atom stereocenters. The van der Waals surface area contributed by atoms with Crippen molar-refractivity contribution >= 4 is 5.91 Å². The molecule has 1 aliphatic carbocycles. The number of aromatic nitrogens is 6. The molecule has 1 aliphatic rings. The van der Waals surface area contributed by atoms with Crippen LogP contribution in [0.5, 0.6) is 0 Å². The van der Waals surface area contributed by atoms with Crippen LogP contribution in [0.3, 0.4) is 0 Å². The quantitative estimate of drug-likeness (QED) is 0.756. The van der Waals surface area contributed by atoms with E-state index in [9.17, 15) is 4.79 Å². The molecule has 3 N–H and O–H groups in total. The molecule has 8 nitrogen and oxygen atoms in total. The molecule has 1 amide bonds. The Bertz CT molecular complexity index is 644. The highest BCUT2D eigenvalue weighted by Crippen LogP contribution is 2.25. The number of hydrogen-bond donors (Lipinski definition) is 3. The van der Waals surface area contributed by atoms with Crippen LogP contribution in [0.2, 0.25) is 0 Å². The van der Waals surface area contributed by atoms with Gasteiger partial charge >= 0.3 is 0 Å². The lowest BCUT2D eigenvalue weighted by atomic mass is 9.88. The monoisotopic (exact) mass is 289 g/mol. The number of amides is 1. The van der Waals surface area contributed by atoms with Crippen LogP contribution in [0.1, 0.15) is 43.3 Å². The molecule has 2 heterocycles. The minimum atomic E-state index is -0.645. The molecule has 0 saturated carbocycles. The van der Waals surface area contributed by atoms with E-state index in [1.54, 1.807) is 0 Å². The number of nitrogens with one attached hydrogen (secondary N) is 3. The van der Waals surface area contributed by atoms with Crippen molar-refractivity contribution in [2.45, 2.75) is 45.6 Å². The van der Waals surface area contributed by atoms with Crippen LogP contribution in [0.25, 0.3) is 0 Å². The molecular formula is C13H19N7O. The molecule has 0 fully saturated rings. The number of aromatic amines is 2. The van der Waals surface area contributed by atoms with Crippen LogP contribution in [0, 0.1) is 12.8 Å². The van der Waals surface area contributed by atoms with Gasteiger partial charge in [0, 0.05) is 18.0 Å². The van der Waals surface area contributed by atoms with E-state index in [-0.39, 0.29) is 11.8 Å². The van der Waals surface area contributed by atoms with E-state index < -0.39 is 5.54 Å². The fourth-order valence-corrected chi connectivity index (χ4v) is 2.74. The maximum absolute atomic E-state index is 12.5. The molecule has 3 rings (SSSR count). The zero-order chi connectivity index (χ0) is 15.0. The molecule has 21 heavy (non-hydrogen) atoms. The van der Waals surface area contributed by atoms with E-state index in [2.05, 4.69) is 35.9 Å². The zero-order valence-corrected chi connectivity index (χ0v) is 12.4. The van der Waals surface area contributed by atoms with Crippen molar-refractivity contribution in [3.05, 3.63) is 23.0 Å². The number of rotatable bonds is 3. The van der Waals surface area contributed by atoms with Crippen LogP contribution >= 0.6 is 0 Å². The topological polar surface area (TPSA) is 112 Å². The van der Waals surface area contributed by atoms with E-state index in [0.717, 1.165) is 30.1 Å². The average Bonchev–Trinajstić information content (AvgIpc) is 3.05. The van der Waals surface area contributed by atoms with Gasteiger partial charge in [0.15, 0.2) is 5.82 Å². The van der Waals surface area contributed by atoms with Gasteiger partial charge in [-0.25, -0.2) is 4.98 Å². The number of aryl methyl sites for hydroxylation is 2. The van der Waals surface area contributed by atoms with E-state index in [1.165, 1.54) is 0 Å². The van der Waals surface area contributed by atoms with Crippen molar-refractivity contribution in [1.29, 1.82) is 0 Å². The molecule has 0 aliphatic heterocycles. The number of nitrogens with zero attached hydrogens (tertiary/aromatic N) is 4. The lowest BCUT2D eigenvalue weighted by Crippen LogP contribution is -2.45. The Morgan fingerprint density at radius 2 is 2.24 bits per heavy atom. The third-order valence-corrected chi connectivity index (χ3v) is 3.87. The first-order valence-electron chi connectivity index (χ1n) is 7.06. The third kappa shape index (κ3) is 2.65. The lowest BCUT2D eigenvalue weighted by molar-refractivity contribution is -0.127. The van der Waals surface area contributed by atoms with Gasteiger partial charge in [0.25, 0.3) is 0 Å². The van der Waals surface area contributed by atoms with Gasteiger partial charge in [-0.05, 0) is 33.6 Å².